The molecule has 7 heteroatoms. The fourth-order valence-corrected chi connectivity index (χ4v) is 3.36. The van der Waals surface area contributed by atoms with Gasteiger partial charge < -0.3 is 20.1 Å². The minimum Gasteiger partial charge on any atom is -0.488 e. The third-order valence-electron chi connectivity index (χ3n) is 4.85. The van der Waals surface area contributed by atoms with Crippen molar-refractivity contribution in [2.45, 2.75) is 19.3 Å². The van der Waals surface area contributed by atoms with Crippen molar-refractivity contribution in [2.75, 3.05) is 38.7 Å². The lowest BCUT2D eigenvalue weighted by Crippen LogP contribution is -2.31. The molecule has 1 atom stereocenters. The van der Waals surface area contributed by atoms with Gasteiger partial charge in [-0.05, 0) is 49.9 Å². The van der Waals surface area contributed by atoms with E-state index in [9.17, 15) is 9.18 Å². The van der Waals surface area contributed by atoms with E-state index in [0.717, 1.165) is 32.4 Å². The third-order valence-corrected chi connectivity index (χ3v) is 4.85. The molecule has 0 bridgehead atoms. The number of carbonyl (C=O) groups excluding carboxylic acids is 1. The second-order valence-electron chi connectivity index (χ2n) is 6.34. The van der Waals surface area contributed by atoms with Gasteiger partial charge in [0, 0.05) is 24.8 Å². The van der Waals surface area contributed by atoms with Crippen LogP contribution in [0.1, 0.15) is 19.3 Å². The number of nitrogens with one attached hydrogen (secondary N) is 2. The Morgan fingerprint density at radius 1 is 1.38 bits per heavy atom. The fraction of sp³-hybridized carbons (Fsp3) is 0.588. The van der Waals surface area contributed by atoms with Crippen molar-refractivity contribution in [1.82, 2.24) is 5.32 Å². The summed E-state index contributed by atoms with van der Waals surface area (Å²) in [6.07, 6.45) is 3.04. The molecule has 2 fully saturated rings. The van der Waals surface area contributed by atoms with Crippen LogP contribution in [0.15, 0.2) is 18.2 Å². The van der Waals surface area contributed by atoms with Crippen LogP contribution in [0.2, 0.25) is 0 Å². The molecule has 1 saturated heterocycles. The highest BCUT2D eigenvalue weighted by molar-refractivity contribution is 5.95. The van der Waals surface area contributed by atoms with Crippen molar-refractivity contribution in [3.63, 3.8) is 0 Å². The molecule has 0 aromatic heterocycles. The van der Waals surface area contributed by atoms with E-state index in [2.05, 4.69) is 10.6 Å². The number of ether oxygens (including phenoxy) is 2. The van der Waals surface area contributed by atoms with Gasteiger partial charge in [0.1, 0.15) is 6.61 Å². The van der Waals surface area contributed by atoms with Crippen molar-refractivity contribution < 1.29 is 18.7 Å². The van der Waals surface area contributed by atoms with E-state index < -0.39 is 5.82 Å². The molecule has 1 heterocycles. The van der Waals surface area contributed by atoms with Gasteiger partial charge in [-0.15, -0.1) is 12.4 Å². The van der Waals surface area contributed by atoms with Crippen LogP contribution in [0, 0.1) is 17.2 Å². The van der Waals surface area contributed by atoms with Crippen LogP contribution in [0.3, 0.4) is 0 Å². The van der Waals surface area contributed by atoms with E-state index in [-0.39, 0.29) is 42.0 Å². The molecular formula is C17H24ClFN2O3. The number of anilines is 1. The first-order valence-electron chi connectivity index (χ1n) is 8.07. The highest BCUT2D eigenvalue weighted by atomic mass is 35.5. The fourth-order valence-electron chi connectivity index (χ4n) is 3.36. The summed E-state index contributed by atoms with van der Waals surface area (Å²) in [6.45, 7) is 2.64. The van der Waals surface area contributed by atoms with Crippen LogP contribution >= 0.6 is 12.4 Å². The Morgan fingerprint density at radius 3 is 2.79 bits per heavy atom. The molecule has 24 heavy (non-hydrogen) atoms. The van der Waals surface area contributed by atoms with Crippen LogP contribution < -0.4 is 15.4 Å². The molecule has 1 aromatic rings. The summed E-state index contributed by atoms with van der Waals surface area (Å²) in [6, 6.07) is 4.51. The molecule has 5 nitrogen and oxygen atoms in total. The first-order valence-corrected chi connectivity index (χ1v) is 8.07. The van der Waals surface area contributed by atoms with Gasteiger partial charge in [-0.2, -0.15) is 0 Å². The van der Waals surface area contributed by atoms with Gasteiger partial charge in [0.25, 0.3) is 0 Å². The summed E-state index contributed by atoms with van der Waals surface area (Å²) in [5, 5.41) is 6.15. The number of hydrogen-bond donors (Lipinski definition) is 2. The summed E-state index contributed by atoms with van der Waals surface area (Å²) in [4.78, 5) is 12.4. The Kier molecular flexibility index (Phi) is 6.43. The summed E-state index contributed by atoms with van der Waals surface area (Å²) < 4.78 is 24.1. The molecule has 1 spiro atoms. The van der Waals surface area contributed by atoms with Crippen molar-refractivity contribution in [3.8, 4) is 5.75 Å². The smallest absolute Gasteiger partial charge is 0.228 e. The van der Waals surface area contributed by atoms with Crippen LogP contribution in [0.4, 0.5) is 10.1 Å². The number of methoxy groups -OCH3 is 1. The standard InChI is InChI=1S/C17H23FN2O3.ClH/c1-22-8-9-23-15-3-2-12(10-14(15)18)20-16(21)13-11-17(13)4-6-19-7-5-17;/h2-3,10,13,19H,4-9,11H2,1H3,(H,20,21);1H. The van der Waals surface area contributed by atoms with Gasteiger partial charge >= 0.3 is 0 Å². The summed E-state index contributed by atoms with van der Waals surface area (Å²) in [7, 11) is 1.56. The maximum absolute atomic E-state index is 14.0. The normalized spacial score (nSPS) is 21.0. The lowest BCUT2D eigenvalue weighted by molar-refractivity contribution is -0.118. The molecule has 1 saturated carbocycles. The van der Waals surface area contributed by atoms with Crippen molar-refractivity contribution in [3.05, 3.63) is 24.0 Å². The highest BCUT2D eigenvalue weighted by Gasteiger charge is 2.57. The topological polar surface area (TPSA) is 59.6 Å². The molecule has 1 aliphatic carbocycles. The Bertz CT molecular complexity index is 579. The first kappa shape index (κ1) is 19.0. The van der Waals surface area contributed by atoms with E-state index in [1.165, 1.54) is 12.1 Å². The van der Waals surface area contributed by atoms with Gasteiger partial charge in [-0.25, -0.2) is 4.39 Å². The van der Waals surface area contributed by atoms with Crippen LogP contribution in [0.5, 0.6) is 5.75 Å². The molecule has 0 radical (unpaired) electrons. The quantitative estimate of drug-likeness (QED) is 0.767. The van der Waals surface area contributed by atoms with Gasteiger partial charge in [0.2, 0.25) is 5.91 Å². The number of halogens is 2. The highest BCUT2D eigenvalue weighted by Crippen LogP contribution is 2.58. The molecule has 3 rings (SSSR count). The molecule has 2 N–H and O–H groups in total. The Labute approximate surface area is 147 Å². The molecule has 134 valence electrons. The minimum atomic E-state index is -0.480. The Morgan fingerprint density at radius 2 is 2.12 bits per heavy atom. The number of piperidine rings is 1. The Balaban J connectivity index is 0.00000208. The second kappa shape index (κ2) is 8.14. The van der Waals surface area contributed by atoms with Crippen molar-refractivity contribution in [1.29, 1.82) is 0 Å². The lowest BCUT2D eigenvalue weighted by Gasteiger charge is -2.23. The zero-order chi connectivity index (χ0) is 16.3. The SMILES string of the molecule is COCCOc1ccc(NC(=O)C2CC23CCNCC3)cc1F.Cl. The monoisotopic (exact) mass is 358 g/mol. The van der Waals surface area contributed by atoms with Crippen molar-refractivity contribution >= 4 is 24.0 Å². The second-order valence-corrected chi connectivity index (χ2v) is 6.34. The number of benzene rings is 1. The van der Waals surface area contributed by atoms with Crippen LogP contribution in [-0.4, -0.2) is 39.3 Å². The zero-order valence-electron chi connectivity index (χ0n) is 13.8. The van der Waals surface area contributed by atoms with E-state index in [0.29, 0.717) is 12.3 Å². The average molecular weight is 359 g/mol. The molecular weight excluding hydrogens is 335 g/mol. The lowest BCUT2D eigenvalue weighted by atomic mass is 9.92. The molecule has 1 amide bonds. The molecule has 1 aliphatic heterocycles. The average Bonchev–Trinajstić information content (AvgIpc) is 3.23. The van der Waals surface area contributed by atoms with Crippen molar-refractivity contribution in [2.24, 2.45) is 11.3 Å². The number of carbonyl (C=O) groups is 1. The summed E-state index contributed by atoms with van der Waals surface area (Å²) in [5.41, 5.74) is 0.652. The zero-order valence-corrected chi connectivity index (χ0v) is 14.6. The Hall–Kier alpha value is -1.37. The predicted molar refractivity (Wildman–Crippen MR) is 92.3 cm³/mol. The number of rotatable bonds is 6. The summed E-state index contributed by atoms with van der Waals surface area (Å²) >= 11 is 0. The maximum Gasteiger partial charge on any atom is 0.228 e. The number of hydrogen-bond acceptors (Lipinski definition) is 4. The van der Waals surface area contributed by atoms with E-state index in [4.69, 9.17) is 9.47 Å². The van der Waals surface area contributed by atoms with E-state index in [1.54, 1.807) is 13.2 Å². The predicted octanol–water partition coefficient (Wildman–Crippen LogP) is 2.60. The minimum absolute atomic E-state index is 0. The van der Waals surface area contributed by atoms with Crippen LogP contribution in [0.25, 0.3) is 0 Å². The first-order chi connectivity index (χ1) is 11.1. The summed E-state index contributed by atoms with van der Waals surface area (Å²) in [5.74, 6) is -0.253. The maximum atomic E-state index is 14.0. The van der Waals surface area contributed by atoms with E-state index >= 15 is 0 Å². The number of amides is 1. The van der Waals surface area contributed by atoms with Crippen LogP contribution in [-0.2, 0) is 9.53 Å². The molecule has 1 unspecified atom stereocenters. The van der Waals surface area contributed by atoms with E-state index in [1.807, 2.05) is 0 Å². The largest absolute Gasteiger partial charge is 0.488 e. The van der Waals surface area contributed by atoms with Gasteiger partial charge in [0.05, 0.1) is 6.61 Å². The van der Waals surface area contributed by atoms with Gasteiger partial charge in [-0.1, -0.05) is 0 Å². The molecule has 1 aromatic carbocycles. The third kappa shape index (κ3) is 4.18. The van der Waals surface area contributed by atoms with Gasteiger partial charge in [0.15, 0.2) is 11.6 Å². The molecule has 2 aliphatic rings. The van der Waals surface area contributed by atoms with Gasteiger partial charge in [-0.3, -0.25) is 4.79 Å².